The molecule has 5 amide bonds. The van der Waals surface area contributed by atoms with Gasteiger partial charge >= 0.3 is 94.7 Å². The van der Waals surface area contributed by atoms with Crippen molar-refractivity contribution in [2.24, 2.45) is 27.7 Å². The van der Waals surface area contributed by atoms with Gasteiger partial charge in [-0.3, -0.25) is 67.5 Å². The smallest absolute Gasteiger partial charge is 0.510 e. The number of primary amides is 1. The van der Waals surface area contributed by atoms with E-state index in [1.807, 2.05) is 0 Å². The molecule has 6 unspecified atom stereocenters. The molecular formula is C75H127Cl7N16NaO33P. The first-order valence-corrected chi connectivity index (χ1v) is 42.5. The zero-order valence-electron chi connectivity index (χ0n) is 78.4. The molecule has 760 valence electrons. The number of aromatic amines is 1. The molecule has 0 aromatic carbocycles. The minimum absolute atomic E-state index is 0. The van der Waals surface area contributed by atoms with Gasteiger partial charge in [0.1, 0.15) is 52.6 Å². The molecule has 3 aromatic heterocycles. The van der Waals surface area contributed by atoms with Gasteiger partial charge in [0.25, 0.3) is 11.5 Å². The molecule has 58 heteroatoms. The van der Waals surface area contributed by atoms with Crippen molar-refractivity contribution in [2.45, 2.75) is 248 Å². The number of hydrogen-bond donors (Lipinski definition) is 11. The molecule has 49 nitrogen and oxygen atoms in total. The Bertz CT molecular complexity index is 4350. The van der Waals surface area contributed by atoms with E-state index in [1.54, 1.807) is 132 Å². The van der Waals surface area contributed by atoms with Gasteiger partial charge in [-0.05, 0) is 226 Å². The van der Waals surface area contributed by atoms with Crippen LogP contribution in [0.4, 0.5) is 9.59 Å². The fraction of sp³-hybridized carbons (Fsp3) is 0.587. The maximum atomic E-state index is 11.9. The van der Waals surface area contributed by atoms with Gasteiger partial charge in [-0.25, -0.2) is 48.3 Å². The Morgan fingerprint density at radius 1 is 0.519 bits per heavy atom. The molecule has 0 aliphatic carbocycles. The summed E-state index contributed by atoms with van der Waals surface area (Å²) in [6.45, 7) is 43.7. The summed E-state index contributed by atoms with van der Waals surface area (Å²) >= 11 is 25.2. The van der Waals surface area contributed by atoms with Crippen LogP contribution in [0.2, 0.25) is 10.3 Å². The molecule has 3 aromatic rings. The number of alkyl carbamates (subject to hydrolysis) is 2. The number of aliphatic hydroxyl groups excluding tert-OH is 1. The number of aliphatic hydroxyl groups is 1. The second-order valence-corrected chi connectivity index (χ2v) is 33.6. The third-order valence-corrected chi connectivity index (χ3v) is 13.2. The van der Waals surface area contributed by atoms with E-state index in [1.165, 1.54) is 48.5 Å². The summed E-state index contributed by atoms with van der Waals surface area (Å²) in [7, 11) is 0. The molecule has 3 heterocycles. The average molecular weight is 2080 g/mol. The Labute approximate surface area is 830 Å². The topological polar surface area (TPSA) is 771 Å². The van der Waals surface area contributed by atoms with Crippen molar-refractivity contribution < 1.29 is 170 Å². The molecule has 0 aliphatic heterocycles. The van der Waals surface area contributed by atoms with E-state index >= 15 is 0 Å². The second kappa shape index (κ2) is 81.6. The molecule has 0 bridgehead atoms. The number of aliphatic carboxylic acids is 1. The SMILES string of the molecule is C.CC(NC(=O)OC(C)(C)C)C(=O)O.CCOC(=O)C(N)C(C)=O.CCOC(=O)C(N=O)=C(C)O.CCOC(=O)C(NC(=O)C(C)N)C(C)=O.CCOC(=O)C(NC(=O)C(C)NC(=O)OC(C)(C)C)C(C)=O.CCOC(=O)CC(C)=O.CCOC(=O)c1[nH]c(=O)c(C)nc1C.CCOC(=O)c1nc(Cl)c(C)nc1C.Cc1nc(C)c(C(N)=O)nc1Cl.Cl.Cl.N.O=N[O-].O=P(Cl)(Cl)Cl.[HH].[Na+]. The quantitative estimate of drug-likeness (QED) is 0.00426. The molecule has 0 radical (unpaired) electrons. The number of H-pyrrole nitrogens is 1. The first kappa shape index (κ1) is 151. The molecule has 133 heavy (non-hydrogen) atoms. The number of carbonyl (C=O) groups excluding carboxylic acids is 16. The number of carbonyl (C=O) groups is 17. The Balaban J connectivity index is -0.000000100. The number of aromatic nitrogens is 6. The zero-order valence-corrected chi connectivity index (χ0v) is 86.7. The van der Waals surface area contributed by atoms with E-state index in [9.17, 15) is 95.8 Å². The van der Waals surface area contributed by atoms with E-state index in [0.717, 1.165) is 12.3 Å². The second-order valence-electron chi connectivity index (χ2n) is 26.2. The van der Waals surface area contributed by atoms with E-state index in [0.29, 0.717) is 47.4 Å². The van der Waals surface area contributed by atoms with Gasteiger partial charge in [-0.15, -0.1) is 35.1 Å². The molecular weight excluding hydrogens is 1960 g/mol. The van der Waals surface area contributed by atoms with E-state index in [2.05, 4.69) is 109 Å². The summed E-state index contributed by atoms with van der Waals surface area (Å²) in [6.07, 6.45) is -1.60. The van der Waals surface area contributed by atoms with E-state index in [-0.39, 0.29) is 153 Å². The number of carboxylic acids is 1. The molecule has 6 atom stereocenters. The third-order valence-electron chi connectivity index (χ3n) is 12.5. The number of nitrogens with two attached hydrogens (primary N) is 3. The molecule has 0 saturated carbocycles. The number of nitrogens with zero attached hydrogens (tertiary/aromatic N) is 7. The van der Waals surface area contributed by atoms with Crippen molar-refractivity contribution in [3.8, 4) is 0 Å². The van der Waals surface area contributed by atoms with Crippen LogP contribution < -0.4 is 79.7 Å². The van der Waals surface area contributed by atoms with Crippen LogP contribution in [0.5, 0.6) is 0 Å². The van der Waals surface area contributed by atoms with Crippen LogP contribution in [-0.2, 0) is 105 Å². The maximum Gasteiger partial charge on any atom is 1.00 e. The zero-order chi connectivity index (χ0) is 102. The van der Waals surface area contributed by atoms with Crippen LogP contribution in [0.3, 0.4) is 0 Å². The van der Waals surface area contributed by atoms with E-state index in [4.69, 9.17) is 84.4 Å². The van der Waals surface area contributed by atoms with Crippen molar-refractivity contribution in [2.75, 3.05) is 46.2 Å². The van der Waals surface area contributed by atoms with Gasteiger partial charge in [-0.2, -0.15) is 0 Å². The van der Waals surface area contributed by atoms with Gasteiger partial charge in [0.2, 0.25) is 17.5 Å². The van der Waals surface area contributed by atoms with Crippen molar-refractivity contribution in [3.63, 3.8) is 0 Å². The number of esters is 7. The standard InChI is InChI=1S/C14H24N2O6.C9H11ClN2O2.C9H16N2O4.C9H12N2O3.C8H15NO4.C7H8ClN3O.C6H9NO4.C6H11NO3.C6H10O3.CH4.Cl3OP.2ClH.HNO2.H3N.Na.H2/c1-7-21-12(19)10(9(3)17)16-11(18)8(2)15-13(20)22-14(4,5)6;1-4-14-9(13)7-5(2)11-6(3)8(10)12-7;1-4-15-9(14)7(6(3)12)11-8(13)5(2)10;1-4-14-9(13)7-5(2)10-6(3)8(12)11-7;1-5(6(10)11)9-7(12)13-8(2,3)4;1-3-5(7(9)12)11-6(8)4(2)10-3;1-3-11-6(9)5(7-10)4(2)8;1-3-10-6(9)5(7)4(2)8;1-3-9-6(8)4-5(2)7;;1-5(2,3)4;;;2-1-3;;;/h8,10H,7H2,1-6H3,(H,15,20)(H,16,18);4H2,1-3H3;5,7H,4,10H2,1-3H3,(H,11,13);4H2,1-3H3,(H,11,12);5H,1-4H3,(H,9,12)(H,10,11);1-2H3,(H2,9,12);8H,3H2,1-2H3;5H,3,7H2,1-2H3;3-4H2,1-2H3;1H4;;2*1H;(H,2,3);1H3;;1H/q;;;;;;;;;;;;;;;+1;/p-1. The van der Waals surface area contributed by atoms with Crippen LogP contribution in [0.15, 0.2) is 26.8 Å². The minimum atomic E-state index is -3.22. The summed E-state index contributed by atoms with van der Waals surface area (Å²) in [6, 6.07) is -6.46. The van der Waals surface area contributed by atoms with E-state index < -0.39 is 153 Å². The normalized spacial score (nSPS) is 11.1. The molecule has 3 rings (SSSR count). The number of ether oxygens (including phenoxy) is 9. The van der Waals surface area contributed by atoms with Crippen LogP contribution >= 0.6 is 86.9 Å². The van der Waals surface area contributed by atoms with Crippen molar-refractivity contribution in [1.29, 1.82) is 0 Å². The predicted octanol–water partition coefficient (Wildman–Crippen LogP) is 6.88. The molecule has 0 aliphatic rings. The fourth-order valence-electron chi connectivity index (χ4n) is 6.91. The summed E-state index contributed by atoms with van der Waals surface area (Å²) in [5.74, 6) is -9.61. The van der Waals surface area contributed by atoms with Crippen molar-refractivity contribution in [3.05, 3.63) is 98.4 Å². The fourth-order valence-corrected chi connectivity index (χ4v) is 7.16. The number of carboxylic acid groups (broad SMARTS) is 1. The Kier molecular flexibility index (Phi) is 92.9. The average Bonchev–Trinajstić information content (AvgIpc) is 0.844. The summed E-state index contributed by atoms with van der Waals surface area (Å²) in [4.78, 5) is 238. The summed E-state index contributed by atoms with van der Waals surface area (Å²) < 4.78 is 51.6. The molecule has 0 saturated heterocycles. The number of halogens is 7. The number of allylic oxidation sites excluding steroid dienone is 1. The Morgan fingerprint density at radius 2 is 0.850 bits per heavy atom. The number of hydrogen-bond acceptors (Lipinski definition) is 42. The predicted molar refractivity (Wildman–Crippen MR) is 493 cm³/mol. The summed E-state index contributed by atoms with van der Waals surface area (Å²) in [5, 5.41) is 34.6. The monoisotopic (exact) mass is 2080 g/mol. The number of amides is 5. The van der Waals surface area contributed by atoms with Crippen LogP contribution in [-0.4, -0.2) is 235 Å². The van der Waals surface area contributed by atoms with Gasteiger partial charge in [0.05, 0.1) is 80.8 Å². The molecule has 0 fully saturated rings. The number of rotatable bonds is 27. The van der Waals surface area contributed by atoms with Gasteiger partial charge in [0.15, 0.2) is 57.2 Å². The summed E-state index contributed by atoms with van der Waals surface area (Å²) in [5.41, 5.74) is 16.7. The number of Topliss-reactive ketones (excluding diaryl/α,β-unsaturated/α-hetero) is 4. The largest absolute Gasteiger partial charge is 1.00 e. The first-order valence-electron chi connectivity index (χ1n) is 37.3. The number of ketones is 4. The van der Waals surface area contributed by atoms with Crippen LogP contribution in [0, 0.1) is 56.6 Å². The minimum Gasteiger partial charge on any atom is -0.510 e. The number of aryl methyl sites for hydroxylation is 6. The van der Waals surface area contributed by atoms with Crippen LogP contribution in [0.1, 0.15) is 226 Å². The van der Waals surface area contributed by atoms with Gasteiger partial charge in [0, 0.05) is 1.43 Å². The molecule has 0 spiro atoms. The number of nitroso groups, excluding NO2 is 1. The number of nitrogens with one attached hydrogen (secondary N) is 5. The van der Waals surface area contributed by atoms with Crippen LogP contribution in [0.25, 0.3) is 0 Å². The van der Waals surface area contributed by atoms with Gasteiger partial charge in [-0.1, -0.05) is 30.6 Å². The molecule has 16 N–H and O–H groups in total. The first-order chi connectivity index (χ1) is 58.5. The van der Waals surface area contributed by atoms with Crippen molar-refractivity contribution >= 4 is 188 Å². The Morgan fingerprint density at radius 3 is 1.16 bits per heavy atom. The third kappa shape index (κ3) is 81.4. The van der Waals surface area contributed by atoms with Gasteiger partial charge < -0.3 is 113 Å². The van der Waals surface area contributed by atoms with Crippen molar-refractivity contribution in [1.82, 2.24) is 57.3 Å². The maximum absolute atomic E-state index is 11.9. The Hall–Kier alpha value is -9.89.